The first-order valence-electron chi connectivity index (χ1n) is 12.4. The Bertz CT molecular complexity index is 1030. The molecule has 7 nitrogen and oxygen atoms in total. The summed E-state index contributed by atoms with van der Waals surface area (Å²) in [4.78, 5) is 41.0. The smallest absolute Gasteiger partial charge is 0.255 e. The number of amides is 3. The number of piperidine rings is 2. The Balaban J connectivity index is 1.11. The third-order valence-electron chi connectivity index (χ3n) is 8.65. The van der Waals surface area contributed by atoms with E-state index in [1.807, 2.05) is 6.07 Å². The van der Waals surface area contributed by atoms with Gasteiger partial charge in [0.15, 0.2) is 0 Å². The van der Waals surface area contributed by atoms with Gasteiger partial charge >= 0.3 is 0 Å². The highest BCUT2D eigenvalue weighted by Crippen LogP contribution is 2.50. The predicted octanol–water partition coefficient (Wildman–Crippen LogP) is 2.07. The van der Waals surface area contributed by atoms with Crippen molar-refractivity contribution >= 4 is 23.3 Å². The molecule has 1 aromatic rings. The van der Waals surface area contributed by atoms with Crippen molar-refractivity contribution < 1.29 is 14.4 Å². The van der Waals surface area contributed by atoms with Gasteiger partial charge in [-0.05, 0) is 85.9 Å². The molecule has 0 aromatic heterocycles. The molecule has 4 heterocycles. The molecule has 4 aliphatic heterocycles. The quantitative estimate of drug-likeness (QED) is 0.692. The molecule has 6 rings (SSSR count). The number of carbonyl (C=O) groups excluding carboxylic acids is 3. The highest BCUT2D eigenvalue weighted by atomic mass is 16.2. The average molecular weight is 449 g/mol. The van der Waals surface area contributed by atoms with Gasteiger partial charge in [-0.1, -0.05) is 12.1 Å². The number of imide groups is 1. The Labute approximate surface area is 194 Å². The third-order valence-corrected chi connectivity index (χ3v) is 8.65. The van der Waals surface area contributed by atoms with Crippen LogP contribution in [0.25, 0.3) is 5.57 Å². The van der Waals surface area contributed by atoms with Crippen LogP contribution in [0.4, 0.5) is 0 Å². The van der Waals surface area contributed by atoms with E-state index in [9.17, 15) is 14.4 Å². The van der Waals surface area contributed by atoms with Crippen molar-refractivity contribution in [2.75, 3.05) is 26.2 Å². The van der Waals surface area contributed by atoms with Gasteiger partial charge in [-0.2, -0.15) is 0 Å². The zero-order valence-corrected chi connectivity index (χ0v) is 19.1. The van der Waals surface area contributed by atoms with Gasteiger partial charge in [0.1, 0.15) is 6.04 Å². The summed E-state index contributed by atoms with van der Waals surface area (Å²) in [6.07, 6.45) is 9.47. The monoisotopic (exact) mass is 448 g/mol. The summed E-state index contributed by atoms with van der Waals surface area (Å²) in [5, 5.41) is 5.86. The summed E-state index contributed by atoms with van der Waals surface area (Å²) in [5.41, 5.74) is 4.83. The van der Waals surface area contributed by atoms with Gasteiger partial charge in [0.05, 0.1) is 0 Å². The highest BCUT2D eigenvalue weighted by Gasteiger charge is 2.46. The van der Waals surface area contributed by atoms with E-state index in [1.165, 1.54) is 49.9 Å². The number of nitrogens with zero attached hydrogens (tertiary/aromatic N) is 2. The molecular weight excluding hydrogens is 416 g/mol. The van der Waals surface area contributed by atoms with Crippen LogP contribution in [-0.4, -0.2) is 65.8 Å². The minimum atomic E-state index is -0.556. The zero-order chi connectivity index (χ0) is 22.6. The predicted molar refractivity (Wildman–Crippen MR) is 124 cm³/mol. The van der Waals surface area contributed by atoms with Gasteiger partial charge in [0.2, 0.25) is 11.8 Å². The first-order valence-corrected chi connectivity index (χ1v) is 12.4. The number of carbonyl (C=O) groups is 3. The summed E-state index contributed by atoms with van der Waals surface area (Å²) in [5.74, 6) is -0.717. The number of fused-ring (bicyclic) bond motifs is 1. The molecule has 5 aliphatic rings. The van der Waals surface area contributed by atoms with Crippen LogP contribution < -0.4 is 10.6 Å². The van der Waals surface area contributed by atoms with E-state index in [4.69, 9.17) is 0 Å². The van der Waals surface area contributed by atoms with E-state index >= 15 is 0 Å². The topological polar surface area (TPSA) is 81.8 Å². The van der Waals surface area contributed by atoms with Crippen molar-refractivity contribution in [3.63, 3.8) is 0 Å². The van der Waals surface area contributed by atoms with Crippen LogP contribution in [0, 0.1) is 5.41 Å². The summed E-state index contributed by atoms with van der Waals surface area (Å²) in [6, 6.07) is 6.28. The van der Waals surface area contributed by atoms with E-state index < -0.39 is 6.04 Å². The molecule has 3 amide bonds. The van der Waals surface area contributed by atoms with Crippen LogP contribution in [-0.2, 0) is 16.1 Å². The third kappa shape index (κ3) is 3.71. The molecule has 1 aliphatic carbocycles. The second-order valence-corrected chi connectivity index (χ2v) is 10.6. The van der Waals surface area contributed by atoms with Gasteiger partial charge in [0.25, 0.3) is 5.91 Å². The lowest BCUT2D eigenvalue weighted by atomic mass is 9.60. The first-order chi connectivity index (χ1) is 16.0. The SMILES string of the molecule is O=C1CCC(N2Cc3cc(C4=CCN(C5CC6(CCNCC6)C5)CC4)ccc3C2=O)C(=O)N1. The van der Waals surface area contributed by atoms with Crippen LogP contribution in [0.2, 0.25) is 0 Å². The van der Waals surface area contributed by atoms with Crippen molar-refractivity contribution in [2.45, 2.75) is 63.6 Å². The molecule has 174 valence electrons. The van der Waals surface area contributed by atoms with Crippen LogP contribution in [0.15, 0.2) is 24.3 Å². The molecule has 1 spiro atoms. The van der Waals surface area contributed by atoms with Gasteiger partial charge in [0, 0.05) is 37.7 Å². The second-order valence-electron chi connectivity index (χ2n) is 10.6. The van der Waals surface area contributed by atoms with E-state index in [-0.39, 0.29) is 24.1 Å². The number of rotatable bonds is 3. The lowest BCUT2D eigenvalue weighted by Gasteiger charge is -2.54. The number of nitrogens with one attached hydrogen (secondary N) is 2. The summed E-state index contributed by atoms with van der Waals surface area (Å²) in [7, 11) is 0. The van der Waals surface area contributed by atoms with Gasteiger partial charge in [-0.25, -0.2) is 0 Å². The first kappa shape index (κ1) is 21.1. The summed E-state index contributed by atoms with van der Waals surface area (Å²) >= 11 is 0. The van der Waals surface area contributed by atoms with Crippen molar-refractivity contribution in [3.8, 4) is 0 Å². The number of benzene rings is 1. The zero-order valence-electron chi connectivity index (χ0n) is 19.1. The van der Waals surface area contributed by atoms with Gasteiger partial charge in [-0.15, -0.1) is 0 Å². The molecule has 0 bridgehead atoms. The van der Waals surface area contributed by atoms with E-state index in [0.29, 0.717) is 23.9 Å². The normalized spacial score (nSPS) is 27.9. The standard InChI is InChI=1S/C26H32N4O3/c31-23-4-3-22(24(32)28-23)30-16-19-13-18(1-2-21(19)25(30)33)17-5-11-29(12-6-17)20-14-26(15-20)7-9-27-10-8-26/h1-2,5,13,20,22,27H,3-4,6-12,14-16H2,(H,28,31,32). The Hall–Kier alpha value is -2.51. The van der Waals surface area contributed by atoms with Crippen LogP contribution in [0.3, 0.4) is 0 Å². The van der Waals surface area contributed by atoms with E-state index in [2.05, 4.69) is 33.7 Å². The molecule has 1 atom stereocenters. The fourth-order valence-corrected chi connectivity index (χ4v) is 6.62. The molecule has 3 fully saturated rings. The fraction of sp³-hybridized carbons (Fsp3) is 0.577. The highest BCUT2D eigenvalue weighted by molar-refractivity contribution is 6.05. The second kappa shape index (κ2) is 8.06. The molecule has 2 N–H and O–H groups in total. The Morgan fingerprint density at radius 1 is 1.03 bits per heavy atom. The molecule has 7 heteroatoms. The number of hydrogen-bond acceptors (Lipinski definition) is 5. The van der Waals surface area contributed by atoms with Crippen molar-refractivity contribution in [1.82, 2.24) is 20.4 Å². The Kier molecular flexibility index (Phi) is 5.14. The van der Waals surface area contributed by atoms with Crippen LogP contribution >= 0.6 is 0 Å². The van der Waals surface area contributed by atoms with E-state index in [0.717, 1.165) is 31.1 Å². The van der Waals surface area contributed by atoms with Crippen LogP contribution in [0.1, 0.15) is 66.4 Å². The lowest BCUT2D eigenvalue weighted by molar-refractivity contribution is -0.136. The molecule has 1 aromatic carbocycles. The van der Waals surface area contributed by atoms with Gasteiger partial charge < -0.3 is 10.2 Å². The Morgan fingerprint density at radius 2 is 1.85 bits per heavy atom. The maximum absolute atomic E-state index is 12.9. The summed E-state index contributed by atoms with van der Waals surface area (Å²) in [6.45, 7) is 4.90. The molecule has 2 saturated heterocycles. The maximum atomic E-state index is 12.9. The van der Waals surface area contributed by atoms with Crippen molar-refractivity contribution in [2.24, 2.45) is 5.41 Å². The van der Waals surface area contributed by atoms with Crippen molar-refractivity contribution in [3.05, 3.63) is 41.0 Å². The molecule has 1 unspecified atom stereocenters. The largest absolute Gasteiger partial charge is 0.322 e. The number of hydrogen-bond donors (Lipinski definition) is 2. The molecule has 0 radical (unpaired) electrons. The lowest BCUT2D eigenvalue weighted by Crippen LogP contribution is -2.55. The van der Waals surface area contributed by atoms with Crippen LogP contribution in [0.5, 0.6) is 0 Å². The summed E-state index contributed by atoms with van der Waals surface area (Å²) < 4.78 is 0. The molecular formula is C26H32N4O3. The van der Waals surface area contributed by atoms with E-state index in [1.54, 1.807) is 4.90 Å². The molecule has 33 heavy (non-hydrogen) atoms. The minimum absolute atomic E-state index is 0.105. The average Bonchev–Trinajstić information content (AvgIpc) is 3.13. The van der Waals surface area contributed by atoms with Gasteiger partial charge in [-0.3, -0.25) is 24.6 Å². The molecule has 1 saturated carbocycles. The fourth-order valence-electron chi connectivity index (χ4n) is 6.62. The minimum Gasteiger partial charge on any atom is -0.322 e. The maximum Gasteiger partial charge on any atom is 0.255 e. The Morgan fingerprint density at radius 3 is 2.58 bits per heavy atom. The van der Waals surface area contributed by atoms with Crippen molar-refractivity contribution in [1.29, 1.82) is 0 Å².